The van der Waals surface area contributed by atoms with Crippen molar-refractivity contribution < 1.29 is 18.7 Å². The Morgan fingerprint density at radius 3 is 2.68 bits per heavy atom. The summed E-state index contributed by atoms with van der Waals surface area (Å²) in [5.41, 5.74) is 1.10. The largest absolute Gasteiger partial charge is 0.465 e. The number of aryl methyl sites for hydroxylation is 1. The molecule has 1 aromatic carbocycles. The van der Waals surface area contributed by atoms with Gasteiger partial charge in [-0.25, -0.2) is 0 Å². The first kappa shape index (κ1) is 21.6. The van der Waals surface area contributed by atoms with Crippen molar-refractivity contribution in [3.63, 3.8) is 0 Å². The lowest BCUT2D eigenvalue weighted by molar-refractivity contribution is -0.134. The fourth-order valence-electron chi connectivity index (χ4n) is 4.58. The number of nitrogens with one attached hydrogen (secondary N) is 2. The van der Waals surface area contributed by atoms with E-state index in [4.69, 9.17) is 9.15 Å². The van der Waals surface area contributed by atoms with Gasteiger partial charge < -0.3 is 19.8 Å². The Hall–Kier alpha value is -2.64. The molecule has 1 atom stereocenters. The molecule has 1 unspecified atom stereocenters. The molecule has 2 aliphatic heterocycles. The fraction of sp³-hybridized carbons (Fsp3) is 0.500. The zero-order valence-electron chi connectivity index (χ0n) is 18.1. The van der Waals surface area contributed by atoms with Gasteiger partial charge in [0, 0.05) is 38.3 Å². The van der Waals surface area contributed by atoms with Crippen LogP contribution >= 0.6 is 0 Å². The maximum atomic E-state index is 12.9. The Bertz CT molecular complexity index is 889. The van der Waals surface area contributed by atoms with Gasteiger partial charge in [-0.2, -0.15) is 0 Å². The quantitative estimate of drug-likeness (QED) is 0.710. The molecule has 2 amide bonds. The first-order valence-corrected chi connectivity index (χ1v) is 11.0. The number of hydrogen-bond acceptors (Lipinski definition) is 5. The van der Waals surface area contributed by atoms with Gasteiger partial charge in [0.25, 0.3) is 0 Å². The first-order valence-electron chi connectivity index (χ1n) is 11.0. The standard InChI is InChI=1S/C24H31N3O4/c1-18-7-8-20(31-18)16-27-12-11-25-23(29)21(27)15-22(28)26-17-24(9-13-30-14-10-24)19-5-3-2-4-6-19/h2-8,21H,9-17H2,1H3,(H,25,29)(H,26,28). The van der Waals surface area contributed by atoms with Gasteiger partial charge in [0.15, 0.2) is 0 Å². The van der Waals surface area contributed by atoms with Crippen molar-refractivity contribution in [2.75, 3.05) is 32.8 Å². The Labute approximate surface area is 183 Å². The topological polar surface area (TPSA) is 83.8 Å². The second-order valence-electron chi connectivity index (χ2n) is 8.53. The summed E-state index contributed by atoms with van der Waals surface area (Å²) in [5.74, 6) is 1.44. The van der Waals surface area contributed by atoms with Crippen LogP contribution in [0.2, 0.25) is 0 Å². The molecule has 0 spiro atoms. The fourth-order valence-corrected chi connectivity index (χ4v) is 4.58. The zero-order valence-corrected chi connectivity index (χ0v) is 18.1. The number of piperazine rings is 1. The summed E-state index contributed by atoms with van der Waals surface area (Å²) in [6.45, 7) is 5.60. The molecule has 0 saturated carbocycles. The van der Waals surface area contributed by atoms with Crippen LogP contribution in [0.25, 0.3) is 0 Å². The number of amides is 2. The molecule has 2 aliphatic rings. The number of hydrogen-bond donors (Lipinski definition) is 2. The van der Waals surface area contributed by atoms with Gasteiger partial charge in [0.05, 0.1) is 19.0 Å². The van der Waals surface area contributed by atoms with E-state index in [-0.39, 0.29) is 23.7 Å². The van der Waals surface area contributed by atoms with E-state index in [1.54, 1.807) is 0 Å². The SMILES string of the molecule is Cc1ccc(CN2CCNC(=O)C2CC(=O)NCC2(c3ccccc3)CCOCC2)o1. The van der Waals surface area contributed by atoms with Crippen LogP contribution in [0.3, 0.4) is 0 Å². The number of ether oxygens (including phenoxy) is 1. The predicted molar refractivity (Wildman–Crippen MR) is 116 cm³/mol. The molecule has 0 aliphatic carbocycles. The van der Waals surface area contributed by atoms with Gasteiger partial charge in [0.2, 0.25) is 11.8 Å². The molecule has 1 aromatic heterocycles. The Balaban J connectivity index is 1.40. The van der Waals surface area contributed by atoms with Crippen LogP contribution in [0.1, 0.15) is 36.3 Å². The Morgan fingerprint density at radius 1 is 1.19 bits per heavy atom. The number of carbonyl (C=O) groups excluding carboxylic acids is 2. The molecule has 2 saturated heterocycles. The number of nitrogens with zero attached hydrogens (tertiary/aromatic N) is 1. The molecule has 7 nitrogen and oxygen atoms in total. The number of furan rings is 1. The average Bonchev–Trinajstić information content (AvgIpc) is 3.20. The van der Waals surface area contributed by atoms with Crippen molar-refractivity contribution in [2.24, 2.45) is 0 Å². The lowest BCUT2D eigenvalue weighted by atomic mass is 9.74. The monoisotopic (exact) mass is 425 g/mol. The van der Waals surface area contributed by atoms with Crippen LogP contribution in [0.15, 0.2) is 46.9 Å². The summed E-state index contributed by atoms with van der Waals surface area (Å²) in [5, 5.41) is 6.01. The summed E-state index contributed by atoms with van der Waals surface area (Å²) in [6, 6.07) is 13.7. The summed E-state index contributed by atoms with van der Waals surface area (Å²) in [4.78, 5) is 27.5. The maximum absolute atomic E-state index is 12.9. The van der Waals surface area contributed by atoms with E-state index in [0.717, 1.165) is 24.4 Å². The van der Waals surface area contributed by atoms with Gasteiger partial charge in [0.1, 0.15) is 11.5 Å². The Kier molecular flexibility index (Phi) is 6.73. The van der Waals surface area contributed by atoms with Crippen LogP contribution in [0.4, 0.5) is 0 Å². The van der Waals surface area contributed by atoms with Crippen LogP contribution in [0.5, 0.6) is 0 Å². The highest BCUT2D eigenvalue weighted by Crippen LogP contribution is 2.34. The molecule has 3 heterocycles. The molecular weight excluding hydrogens is 394 g/mol. The van der Waals surface area contributed by atoms with E-state index in [1.807, 2.05) is 42.2 Å². The van der Waals surface area contributed by atoms with E-state index in [1.165, 1.54) is 5.56 Å². The van der Waals surface area contributed by atoms with Crippen LogP contribution in [0, 0.1) is 6.92 Å². The van der Waals surface area contributed by atoms with Gasteiger partial charge in [-0.3, -0.25) is 14.5 Å². The van der Waals surface area contributed by atoms with Gasteiger partial charge >= 0.3 is 0 Å². The first-order chi connectivity index (χ1) is 15.1. The highest BCUT2D eigenvalue weighted by molar-refractivity contribution is 5.88. The summed E-state index contributed by atoms with van der Waals surface area (Å²) >= 11 is 0. The lowest BCUT2D eigenvalue weighted by Gasteiger charge is -2.38. The van der Waals surface area contributed by atoms with Crippen LogP contribution in [-0.2, 0) is 26.3 Å². The molecule has 0 bridgehead atoms. The zero-order chi connectivity index (χ0) is 21.7. The highest BCUT2D eigenvalue weighted by atomic mass is 16.5. The van der Waals surface area contributed by atoms with E-state index in [9.17, 15) is 9.59 Å². The summed E-state index contributed by atoms with van der Waals surface area (Å²) < 4.78 is 11.3. The molecule has 31 heavy (non-hydrogen) atoms. The normalized spacial score (nSPS) is 21.5. The molecule has 2 N–H and O–H groups in total. The van der Waals surface area contributed by atoms with Gasteiger partial charge in [-0.15, -0.1) is 0 Å². The van der Waals surface area contributed by atoms with E-state index >= 15 is 0 Å². The van der Waals surface area contributed by atoms with Crippen molar-refractivity contribution in [3.05, 3.63) is 59.5 Å². The third-order valence-corrected chi connectivity index (χ3v) is 6.44. The second-order valence-corrected chi connectivity index (χ2v) is 8.53. The summed E-state index contributed by atoms with van der Waals surface area (Å²) in [7, 11) is 0. The number of carbonyl (C=O) groups is 2. The van der Waals surface area contributed by atoms with Crippen molar-refractivity contribution in [1.82, 2.24) is 15.5 Å². The van der Waals surface area contributed by atoms with E-state index in [2.05, 4.69) is 22.8 Å². The minimum absolute atomic E-state index is 0.103. The molecule has 2 aromatic rings. The van der Waals surface area contributed by atoms with Crippen molar-refractivity contribution in [2.45, 2.75) is 44.2 Å². The molecule has 2 fully saturated rings. The number of rotatable bonds is 7. The van der Waals surface area contributed by atoms with Crippen LogP contribution in [-0.4, -0.2) is 55.6 Å². The highest BCUT2D eigenvalue weighted by Gasteiger charge is 2.36. The molecular formula is C24H31N3O4. The lowest BCUT2D eigenvalue weighted by Crippen LogP contribution is -2.56. The second kappa shape index (κ2) is 9.66. The Morgan fingerprint density at radius 2 is 1.97 bits per heavy atom. The van der Waals surface area contributed by atoms with E-state index in [0.29, 0.717) is 39.4 Å². The average molecular weight is 426 g/mol. The molecule has 0 radical (unpaired) electrons. The third-order valence-electron chi connectivity index (χ3n) is 6.44. The van der Waals surface area contributed by atoms with Gasteiger partial charge in [-0.05, 0) is 37.5 Å². The minimum Gasteiger partial charge on any atom is -0.465 e. The van der Waals surface area contributed by atoms with Crippen molar-refractivity contribution in [1.29, 1.82) is 0 Å². The van der Waals surface area contributed by atoms with Crippen molar-refractivity contribution in [3.8, 4) is 0 Å². The van der Waals surface area contributed by atoms with Crippen LogP contribution < -0.4 is 10.6 Å². The smallest absolute Gasteiger partial charge is 0.237 e. The molecule has 166 valence electrons. The molecule has 7 heteroatoms. The third kappa shape index (κ3) is 5.17. The van der Waals surface area contributed by atoms with Crippen molar-refractivity contribution >= 4 is 11.8 Å². The minimum atomic E-state index is -0.499. The summed E-state index contributed by atoms with van der Waals surface area (Å²) in [6.07, 6.45) is 1.86. The van der Waals surface area contributed by atoms with Gasteiger partial charge in [-0.1, -0.05) is 30.3 Å². The maximum Gasteiger partial charge on any atom is 0.237 e. The number of benzene rings is 1. The van der Waals surface area contributed by atoms with E-state index < -0.39 is 6.04 Å². The molecule has 4 rings (SSSR count). The predicted octanol–water partition coefficient (Wildman–Crippen LogP) is 2.14.